The summed E-state index contributed by atoms with van der Waals surface area (Å²) in [5, 5.41) is 4.06. The van der Waals surface area contributed by atoms with Gasteiger partial charge in [0.2, 0.25) is 5.95 Å². The maximum atomic E-state index is 5.79. The van der Waals surface area contributed by atoms with E-state index >= 15 is 0 Å². The molecule has 1 rings (SSSR count). The van der Waals surface area contributed by atoms with Crippen LogP contribution in [0, 0.1) is 0 Å². The molecule has 1 aromatic heterocycles. The van der Waals surface area contributed by atoms with Gasteiger partial charge in [0.1, 0.15) is 0 Å². The van der Waals surface area contributed by atoms with E-state index in [1.807, 2.05) is 0 Å². The summed E-state index contributed by atoms with van der Waals surface area (Å²) in [5.74, 6) is 0.944. The summed E-state index contributed by atoms with van der Waals surface area (Å²) >= 11 is 0. The molecule has 74 valence electrons. The zero-order valence-corrected chi connectivity index (χ0v) is 7.90. The van der Waals surface area contributed by atoms with Crippen LogP contribution in [0.1, 0.15) is 18.3 Å². The number of hydrogen-bond acceptors (Lipinski definition) is 5. The summed E-state index contributed by atoms with van der Waals surface area (Å²) in [4.78, 5) is 4.01. The van der Waals surface area contributed by atoms with Gasteiger partial charge in [-0.1, -0.05) is 0 Å². The van der Waals surface area contributed by atoms with Gasteiger partial charge in [0, 0.05) is 20.8 Å². The number of methoxy groups -OCH3 is 1. The molecule has 1 aromatic rings. The van der Waals surface area contributed by atoms with Crippen LogP contribution in [0.3, 0.4) is 0 Å². The molecule has 1 unspecified atom stereocenters. The Labute approximate surface area is 76.9 Å². The Balaban J connectivity index is 2.60. The number of hydrogen-bond donors (Lipinski definition) is 2. The topological polar surface area (TPSA) is 92.0 Å². The Bertz CT molecular complexity index is 252. The van der Waals surface area contributed by atoms with E-state index in [4.69, 9.17) is 16.2 Å². The second-order valence-corrected chi connectivity index (χ2v) is 2.84. The molecule has 0 spiro atoms. The lowest BCUT2D eigenvalue weighted by atomic mass is 10.2. The van der Waals surface area contributed by atoms with E-state index in [1.165, 1.54) is 4.68 Å². The maximum absolute atomic E-state index is 5.79. The Hall–Kier alpha value is -1.14. The van der Waals surface area contributed by atoms with Crippen molar-refractivity contribution in [3.63, 3.8) is 0 Å². The summed E-state index contributed by atoms with van der Waals surface area (Å²) in [5.41, 5.74) is 11.3. The van der Waals surface area contributed by atoms with Crippen LogP contribution in [0.4, 0.5) is 5.95 Å². The summed E-state index contributed by atoms with van der Waals surface area (Å²) < 4.78 is 6.40. The number of aryl methyl sites for hydroxylation is 1. The molecule has 1 heterocycles. The fourth-order valence-corrected chi connectivity index (χ4v) is 0.948. The zero-order valence-electron chi connectivity index (χ0n) is 7.90. The lowest BCUT2D eigenvalue weighted by Gasteiger charge is -2.05. The molecule has 4 N–H and O–H groups in total. The predicted octanol–water partition coefficient (Wildman–Crippen LogP) is -0.566. The SMILES string of the molecule is COCCC(N)c1nc(N)n(C)n1. The summed E-state index contributed by atoms with van der Waals surface area (Å²) in [6.45, 7) is 0.597. The Morgan fingerprint density at radius 3 is 2.77 bits per heavy atom. The highest BCUT2D eigenvalue weighted by Gasteiger charge is 2.12. The van der Waals surface area contributed by atoms with E-state index in [9.17, 15) is 0 Å². The van der Waals surface area contributed by atoms with Crippen LogP contribution in [0.2, 0.25) is 0 Å². The standard InChI is InChI=1S/C7H15N5O/c1-12-7(9)10-6(11-12)5(8)3-4-13-2/h5H,3-4,8H2,1-2H3,(H2,9,10,11). The largest absolute Gasteiger partial charge is 0.385 e. The lowest BCUT2D eigenvalue weighted by Crippen LogP contribution is -2.14. The van der Waals surface area contributed by atoms with Crippen molar-refractivity contribution >= 4 is 5.95 Å². The molecule has 13 heavy (non-hydrogen) atoms. The van der Waals surface area contributed by atoms with E-state index in [2.05, 4.69) is 10.1 Å². The molecular formula is C7H15N5O. The maximum Gasteiger partial charge on any atom is 0.218 e. The third kappa shape index (κ3) is 2.40. The number of anilines is 1. The molecule has 0 aliphatic carbocycles. The monoisotopic (exact) mass is 185 g/mol. The highest BCUT2D eigenvalue weighted by Crippen LogP contribution is 2.10. The van der Waals surface area contributed by atoms with Crippen molar-refractivity contribution in [1.29, 1.82) is 0 Å². The van der Waals surface area contributed by atoms with Crippen molar-refractivity contribution in [3.05, 3.63) is 5.82 Å². The van der Waals surface area contributed by atoms with Gasteiger partial charge in [-0.2, -0.15) is 10.1 Å². The van der Waals surface area contributed by atoms with Crippen molar-refractivity contribution in [2.75, 3.05) is 19.5 Å². The van der Waals surface area contributed by atoms with Crippen LogP contribution in [-0.2, 0) is 11.8 Å². The number of nitrogens with two attached hydrogens (primary N) is 2. The van der Waals surface area contributed by atoms with Crippen LogP contribution < -0.4 is 11.5 Å². The first kappa shape index (κ1) is 9.94. The van der Waals surface area contributed by atoms with Gasteiger partial charge in [0.05, 0.1) is 6.04 Å². The van der Waals surface area contributed by atoms with E-state index in [0.717, 1.165) is 0 Å². The highest BCUT2D eigenvalue weighted by atomic mass is 16.5. The number of rotatable bonds is 4. The Morgan fingerprint density at radius 1 is 1.62 bits per heavy atom. The van der Waals surface area contributed by atoms with Gasteiger partial charge in [-0.15, -0.1) is 0 Å². The van der Waals surface area contributed by atoms with Crippen LogP contribution in [0.15, 0.2) is 0 Å². The van der Waals surface area contributed by atoms with Crippen molar-refractivity contribution in [1.82, 2.24) is 14.8 Å². The molecule has 1 atom stereocenters. The van der Waals surface area contributed by atoms with Gasteiger partial charge < -0.3 is 16.2 Å². The molecular weight excluding hydrogens is 170 g/mol. The lowest BCUT2D eigenvalue weighted by molar-refractivity contribution is 0.187. The first-order chi connectivity index (χ1) is 6.15. The molecule has 0 radical (unpaired) electrons. The fourth-order valence-electron chi connectivity index (χ4n) is 0.948. The molecule has 0 fully saturated rings. The second kappa shape index (κ2) is 4.20. The predicted molar refractivity (Wildman–Crippen MR) is 48.8 cm³/mol. The van der Waals surface area contributed by atoms with Crippen molar-refractivity contribution in [2.45, 2.75) is 12.5 Å². The van der Waals surface area contributed by atoms with Gasteiger partial charge >= 0.3 is 0 Å². The van der Waals surface area contributed by atoms with Gasteiger partial charge in [-0.05, 0) is 6.42 Å². The fraction of sp³-hybridized carbons (Fsp3) is 0.714. The van der Waals surface area contributed by atoms with Crippen LogP contribution >= 0.6 is 0 Å². The molecule has 0 bridgehead atoms. The third-order valence-corrected chi connectivity index (χ3v) is 1.78. The third-order valence-electron chi connectivity index (χ3n) is 1.78. The first-order valence-corrected chi connectivity index (χ1v) is 4.06. The Kier molecular flexibility index (Phi) is 3.21. The molecule has 0 aliphatic heterocycles. The average Bonchev–Trinajstić information content (AvgIpc) is 2.43. The van der Waals surface area contributed by atoms with E-state index < -0.39 is 0 Å². The molecule has 0 saturated heterocycles. The number of aromatic nitrogens is 3. The normalized spacial score (nSPS) is 13.2. The van der Waals surface area contributed by atoms with Gasteiger partial charge in [0.25, 0.3) is 0 Å². The molecule has 6 heteroatoms. The van der Waals surface area contributed by atoms with E-state index in [-0.39, 0.29) is 6.04 Å². The van der Waals surface area contributed by atoms with Crippen molar-refractivity contribution in [3.8, 4) is 0 Å². The van der Waals surface area contributed by atoms with Crippen LogP contribution in [-0.4, -0.2) is 28.5 Å². The summed E-state index contributed by atoms with van der Waals surface area (Å²) in [7, 11) is 3.36. The smallest absolute Gasteiger partial charge is 0.218 e. The van der Waals surface area contributed by atoms with Gasteiger partial charge in [0.15, 0.2) is 5.82 Å². The quantitative estimate of drug-likeness (QED) is 0.655. The number of ether oxygens (including phenoxy) is 1. The average molecular weight is 185 g/mol. The minimum Gasteiger partial charge on any atom is -0.385 e. The second-order valence-electron chi connectivity index (χ2n) is 2.84. The number of nitrogens with zero attached hydrogens (tertiary/aromatic N) is 3. The molecule has 6 nitrogen and oxygen atoms in total. The minimum atomic E-state index is -0.205. The molecule has 0 saturated carbocycles. The van der Waals surface area contributed by atoms with E-state index in [0.29, 0.717) is 24.8 Å². The molecule has 0 amide bonds. The highest BCUT2D eigenvalue weighted by molar-refractivity contribution is 5.16. The summed E-state index contributed by atoms with van der Waals surface area (Å²) in [6, 6.07) is -0.205. The first-order valence-electron chi connectivity index (χ1n) is 4.06. The summed E-state index contributed by atoms with van der Waals surface area (Å²) in [6.07, 6.45) is 0.694. The molecule has 0 aromatic carbocycles. The Morgan fingerprint density at radius 2 is 2.31 bits per heavy atom. The molecule has 0 aliphatic rings. The van der Waals surface area contributed by atoms with Crippen LogP contribution in [0.5, 0.6) is 0 Å². The van der Waals surface area contributed by atoms with Crippen molar-refractivity contribution in [2.24, 2.45) is 12.8 Å². The van der Waals surface area contributed by atoms with Gasteiger partial charge in [-0.25, -0.2) is 4.68 Å². The minimum absolute atomic E-state index is 0.205. The van der Waals surface area contributed by atoms with Crippen LogP contribution in [0.25, 0.3) is 0 Å². The van der Waals surface area contributed by atoms with E-state index in [1.54, 1.807) is 14.2 Å². The number of nitrogen functional groups attached to an aromatic ring is 1. The zero-order chi connectivity index (χ0) is 9.84. The van der Waals surface area contributed by atoms with Crippen molar-refractivity contribution < 1.29 is 4.74 Å². The van der Waals surface area contributed by atoms with Gasteiger partial charge in [-0.3, -0.25) is 0 Å².